The summed E-state index contributed by atoms with van der Waals surface area (Å²) >= 11 is 0. The summed E-state index contributed by atoms with van der Waals surface area (Å²) in [5.41, 5.74) is 0. The molecule has 3 unspecified atom stereocenters. The van der Waals surface area contributed by atoms with E-state index in [9.17, 15) is 19.4 Å². The number of amides is 1. The Kier molecular flexibility index (Phi) is 74.9. The van der Waals surface area contributed by atoms with Crippen molar-refractivity contribution in [3.8, 4) is 0 Å². The fourth-order valence-electron chi connectivity index (χ4n) is 13.0. The van der Waals surface area contributed by atoms with E-state index in [1.807, 2.05) is 27.2 Å². The lowest BCUT2D eigenvalue weighted by molar-refractivity contribution is -0.870. The molecule has 8 nitrogen and oxygen atoms in total. The predicted octanol–water partition coefficient (Wildman–Crippen LogP) is 27.8. The van der Waals surface area contributed by atoms with Crippen LogP contribution in [0.3, 0.4) is 0 Å². The number of hydrogen-bond acceptors (Lipinski definition) is 5. The number of aliphatic hydroxyl groups is 1. The Balaban J connectivity index is 3.90. The van der Waals surface area contributed by atoms with Gasteiger partial charge in [-0.2, -0.15) is 0 Å². The van der Waals surface area contributed by atoms with Crippen LogP contribution in [-0.4, -0.2) is 73.4 Å². The highest BCUT2D eigenvalue weighted by Crippen LogP contribution is 2.43. The molecule has 0 aromatic rings. The molecule has 3 atom stereocenters. The van der Waals surface area contributed by atoms with Crippen molar-refractivity contribution in [3.63, 3.8) is 0 Å². The maximum atomic E-state index is 13.1. The maximum absolute atomic E-state index is 13.1. The summed E-state index contributed by atoms with van der Waals surface area (Å²) in [5, 5.41) is 14.1. The van der Waals surface area contributed by atoms with Gasteiger partial charge in [0.15, 0.2) is 0 Å². The van der Waals surface area contributed by atoms with E-state index in [-0.39, 0.29) is 19.1 Å². The number of phosphoric ester groups is 1. The number of allylic oxidation sites excluding steroid dienone is 9. The van der Waals surface area contributed by atoms with E-state index in [0.29, 0.717) is 17.4 Å². The molecule has 0 aliphatic carbocycles. The average Bonchev–Trinajstić information content (AvgIpc) is 2.01. The number of likely N-dealkylation sites (N-methyl/N-ethyl adjacent to an activating group) is 1. The third kappa shape index (κ3) is 79.4. The van der Waals surface area contributed by atoms with E-state index in [1.54, 1.807) is 6.08 Å². The van der Waals surface area contributed by atoms with E-state index < -0.39 is 20.0 Å². The number of aliphatic hydroxyl groups excluding tert-OH is 1. The smallest absolute Gasteiger partial charge is 0.387 e. The van der Waals surface area contributed by atoms with E-state index in [2.05, 4.69) is 67.8 Å². The SMILES string of the molecule is CC/C=C\C/C=C\C/C=C\C/C=C\CCCCCCCCCCCCCCCCCCCCCCCCCCCCCCC(=O)NC(COP(=O)(O)OCC[N+](C)(C)C)C(O)/C=C/CCCCCCCCCCCCCCCCCCCCCCCCCCCCCCCC. The van der Waals surface area contributed by atoms with Crippen LogP contribution in [-0.2, 0) is 18.4 Å². The molecule has 0 aliphatic rings. The molecule has 560 valence electrons. The normalized spacial score (nSPS) is 13.7. The molecular formula is C86H166N2O6P+. The minimum absolute atomic E-state index is 0.0636. The Hall–Kier alpha value is -1.80. The number of unbranched alkanes of at least 4 members (excludes halogenated alkanes) is 58. The monoisotopic (exact) mass is 1350 g/mol. The first kappa shape index (κ1) is 93.2. The van der Waals surface area contributed by atoms with Gasteiger partial charge in [-0.05, 0) is 57.8 Å². The molecule has 0 aromatic heterocycles. The second kappa shape index (κ2) is 76.4. The summed E-state index contributed by atoms with van der Waals surface area (Å²) < 4.78 is 23.9. The third-order valence-electron chi connectivity index (χ3n) is 19.5. The van der Waals surface area contributed by atoms with Crippen molar-refractivity contribution in [3.05, 3.63) is 60.8 Å². The number of hydrogen-bond donors (Lipinski definition) is 3. The van der Waals surface area contributed by atoms with Gasteiger partial charge in [0.25, 0.3) is 0 Å². The topological polar surface area (TPSA) is 105 Å². The minimum atomic E-state index is -4.36. The summed E-state index contributed by atoms with van der Waals surface area (Å²) in [4.78, 5) is 23.5. The van der Waals surface area contributed by atoms with Gasteiger partial charge < -0.3 is 19.8 Å². The summed E-state index contributed by atoms with van der Waals surface area (Å²) in [5.74, 6) is -0.167. The van der Waals surface area contributed by atoms with E-state index in [1.165, 1.54) is 353 Å². The molecule has 0 saturated carbocycles. The number of nitrogens with one attached hydrogen (secondary N) is 1. The number of carbonyl (C=O) groups is 1. The molecule has 3 N–H and O–H groups in total. The van der Waals surface area contributed by atoms with Gasteiger partial charge in [-0.3, -0.25) is 13.8 Å². The van der Waals surface area contributed by atoms with Crippen LogP contribution in [0.1, 0.15) is 431 Å². The number of rotatable bonds is 79. The molecule has 1 amide bonds. The van der Waals surface area contributed by atoms with Gasteiger partial charge >= 0.3 is 7.82 Å². The summed E-state index contributed by atoms with van der Waals surface area (Å²) in [7, 11) is 1.59. The number of phosphoric acid groups is 1. The molecular weight excluding hydrogens is 1190 g/mol. The molecule has 0 saturated heterocycles. The van der Waals surface area contributed by atoms with Crippen LogP contribution in [0, 0.1) is 0 Å². The highest BCUT2D eigenvalue weighted by molar-refractivity contribution is 7.47. The lowest BCUT2D eigenvalue weighted by Gasteiger charge is -2.25. The minimum Gasteiger partial charge on any atom is -0.387 e. The Labute approximate surface area is 593 Å². The first-order valence-corrected chi connectivity index (χ1v) is 43.7. The highest BCUT2D eigenvalue weighted by Gasteiger charge is 2.28. The molecule has 0 fully saturated rings. The van der Waals surface area contributed by atoms with Crippen LogP contribution in [0.25, 0.3) is 0 Å². The third-order valence-corrected chi connectivity index (χ3v) is 20.5. The van der Waals surface area contributed by atoms with Crippen molar-refractivity contribution < 1.29 is 32.9 Å². The van der Waals surface area contributed by atoms with Gasteiger partial charge in [-0.25, -0.2) is 4.57 Å². The van der Waals surface area contributed by atoms with Gasteiger partial charge in [-0.15, -0.1) is 0 Å². The van der Waals surface area contributed by atoms with E-state index in [4.69, 9.17) is 9.05 Å². The van der Waals surface area contributed by atoms with Gasteiger partial charge in [0.05, 0.1) is 39.9 Å². The summed E-state index contributed by atoms with van der Waals surface area (Å²) in [6.07, 6.45) is 107. The van der Waals surface area contributed by atoms with Crippen LogP contribution in [0.4, 0.5) is 0 Å². The molecule has 0 heterocycles. The second-order valence-electron chi connectivity index (χ2n) is 30.2. The highest BCUT2D eigenvalue weighted by atomic mass is 31.2. The molecule has 0 radical (unpaired) electrons. The van der Waals surface area contributed by atoms with Gasteiger partial charge in [0.2, 0.25) is 5.91 Å². The predicted molar refractivity (Wildman–Crippen MR) is 420 cm³/mol. The first-order valence-electron chi connectivity index (χ1n) is 42.2. The number of quaternary nitrogens is 1. The van der Waals surface area contributed by atoms with Crippen LogP contribution in [0.2, 0.25) is 0 Å². The average molecular weight is 1360 g/mol. The second-order valence-corrected chi connectivity index (χ2v) is 31.6. The Morgan fingerprint density at radius 2 is 0.632 bits per heavy atom. The fourth-order valence-corrected chi connectivity index (χ4v) is 13.8. The van der Waals surface area contributed by atoms with Crippen LogP contribution >= 0.6 is 7.82 Å². The fraction of sp³-hybridized carbons (Fsp3) is 0.872. The van der Waals surface area contributed by atoms with Crippen molar-refractivity contribution in [2.24, 2.45) is 0 Å². The molecule has 0 bridgehead atoms. The number of nitrogens with zero attached hydrogens (tertiary/aromatic N) is 1. The van der Waals surface area contributed by atoms with Crippen molar-refractivity contribution in [2.45, 2.75) is 443 Å². The van der Waals surface area contributed by atoms with Crippen molar-refractivity contribution in [2.75, 3.05) is 40.9 Å². The Morgan fingerprint density at radius 1 is 0.368 bits per heavy atom. The lowest BCUT2D eigenvalue weighted by Crippen LogP contribution is -2.45. The zero-order valence-corrected chi connectivity index (χ0v) is 65.3. The summed E-state index contributed by atoms with van der Waals surface area (Å²) in [6.45, 7) is 4.77. The van der Waals surface area contributed by atoms with Gasteiger partial charge in [0, 0.05) is 6.42 Å². The molecule has 0 spiro atoms. The largest absolute Gasteiger partial charge is 0.472 e. The lowest BCUT2D eigenvalue weighted by atomic mass is 10.0. The molecule has 0 aromatic carbocycles. The Morgan fingerprint density at radius 3 is 0.926 bits per heavy atom. The zero-order valence-electron chi connectivity index (χ0n) is 64.4. The van der Waals surface area contributed by atoms with E-state index in [0.717, 1.165) is 57.8 Å². The Bertz CT molecular complexity index is 1740. The van der Waals surface area contributed by atoms with Crippen molar-refractivity contribution >= 4 is 13.7 Å². The van der Waals surface area contributed by atoms with E-state index >= 15 is 0 Å². The van der Waals surface area contributed by atoms with Crippen molar-refractivity contribution in [1.29, 1.82) is 0 Å². The first-order chi connectivity index (χ1) is 46.5. The van der Waals surface area contributed by atoms with Crippen molar-refractivity contribution in [1.82, 2.24) is 5.32 Å². The van der Waals surface area contributed by atoms with Gasteiger partial charge in [0.1, 0.15) is 13.2 Å². The van der Waals surface area contributed by atoms with Gasteiger partial charge in [-0.1, -0.05) is 428 Å². The quantitative estimate of drug-likeness (QED) is 0.0243. The summed E-state index contributed by atoms with van der Waals surface area (Å²) in [6, 6.07) is -0.848. The van der Waals surface area contributed by atoms with Crippen LogP contribution in [0.15, 0.2) is 60.8 Å². The molecule has 0 rings (SSSR count). The number of carbonyl (C=O) groups excluding carboxylic acids is 1. The zero-order chi connectivity index (χ0) is 69.0. The molecule has 0 aliphatic heterocycles. The van der Waals surface area contributed by atoms with Crippen LogP contribution < -0.4 is 5.32 Å². The standard InChI is InChI=1S/C86H165N2O6P/c1-6-8-10-12-14-16-18-20-22-24-26-28-30-32-34-36-38-40-41-42-43-44-45-46-47-48-50-52-54-56-58-60-62-64-66-68-70-72-74-76-78-80-86(90)87-84(83-94-95(91,92)93-82-81-88(3,4)5)85(89)79-77-75-73-71-69-67-65-63-61-59-57-55-53-51-49-39-37-35-33-31-29-27-25-23-21-19-17-15-13-11-9-7-2/h8,10,14,16,20,22,26,28,77,79,84-85,89H,6-7,9,11-13,15,17-19,21,23-25,27,29-76,78,80-83H2,1-5H3,(H-,87,90,91,92)/p+1/b10-8-,16-14-,22-20-,28-26-,79-77+. The maximum Gasteiger partial charge on any atom is 0.472 e. The molecule has 9 heteroatoms. The van der Waals surface area contributed by atoms with Crippen LogP contribution in [0.5, 0.6) is 0 Å². The molecule has 95 heavy (non-hydrogen) atoms.